The number of hydrogen-bond acceptors (Lipinski definition) is 4. The molecule has 0 bridgehead atoms. The lowest BCUT2D eigenvalue weighted by Gasteiger charge is -2.20. The topological polar surface area (TPSA) is 83.9 Å². The Morgan fingerprint density at radius 2 is 2.12 bits per heavy atom. The first kappa shape index (κ1) is 16.9. The molecule has 130 valence electrons. The van der Waals surface area contributed by atoms with Crippen LogP contribution >= 0.6 is 0 Å². The van der Waals surface area contributed by atoms with Crippen LogP contribution in [-0.4, -0.2) is 37.1 Å². The molecule has 0 radical (unpaired) electrons. The summed E-state index contributed by atoms with van der Waals surface area (Å²) in [7, 11) is 0. The van der Waals surface area contributed by atoms with Gasteiger partial charge in [0.05, 0.1) is 23.6 Å². The van der Waals surface area contributed by atoms with Gasteiger partial charge in [-0.1, -0.05) is 12.1 Å². The fraction of sp³-hybridized carbons (Fsp3) is 0.333. The van der Waals surface area contributed by atoms with Crippen LogP contribution in [0.4, 0.5) is 0 Å². The standard InChI is InChI=1S/C18H21N5O2/c1-3-22(17(24)8-9-23-11-13(2)10-19-23)12-16-20-15-7-5-4-6-14(15)18(25)21-16/h4-7,10-11H,3,8-9,12H2,1-2H3,(H,20,21,25). The molecule has 0 aliphatic carbocycles. The van der Waals surface area contributed by atoms with Crippen molar-refractivity contribution in [2.24, 2.45) is 0 Å². The molecule has 1 aromatic carbocycles. The summed E-state index contributed by atoms with van der Waals surface area (Å²) < 4.78 is 1.76. The van der Waals surface area contributed by atoms with Crippen LogP contribution in [-0.2, 0) is 17.9 Å². The largest absolute Gasteiger partial charge is 0.335 e. The molecule has 0 saturated carbocycles. The summed E-state index contributed by atoms with van der Waals surface area (Å²) in [4.78, 5) is 33.5. The number of carbonyl (C=O) groups excluding carboxylic acids is 1. The molecule has 0 atom stereocenters. The fourth-order valence-electron chi connectivity index (χ4n) is 2.72. The molecule has 0 fully saturated rings. The Balaban J connectivity index is 1.71. The molecule has 0 spiro atoms. The van der Waals surface area contributed by atoms with E-state index in [2.05, 4.69) is 15.1 Å². The van der Waals surface area contributed by atoms with E-state index in [1.54, 1.807) is 34.0 Å². The van der Waals surface area contributed by atoms with Crippen LogP contribution < -0.4 is 5.56 Å². The van der Waals surface area contributed by atoms with Crippen LogP contribution in [0.1, 0.15) is 24.7 Å². The number of hydrogen-bond donors (Lipinski definition) is 1. The predicted molar refractivity (Wildman–Crippen MR) is 95.0 cm³/mol. The lowest BCUT2D eigenvalue weighted by Crippen LogP contribution is -2.32. The summed E-state index contributed by atoms with van der Waals surface area (Å²) in [5.74, 6) is 0.500. The average Bonchev–Trinajstić information content (AvgIpc) is 3.03. The molecule has 2 heterocycles. The van der Waals surface area contributed by atoms with Crippen molar-refractivity contribution in [3.63, 3.8) is 0 Å². The van der Waals surface area contributed by atoms with Crippen molar-refractivity contribution in [3.8, 4) is 0 Å². The molecule has 3 rings (SSSR count). The lowest BCUT2D eigenvalue weighted by molar-refractivity contribution is -0.132. The highest BCUT2D eigenvalue weighted by Gasteiger charge is 2.14. The Labute approximate surface area is 145 Å². The minimum Gasteiger partial charge on any atom is -0.335 e. The van der Waals surface area contributed by atoms with Crippen molar-refractivity contribution in [3.05, 3.63) is 58.4 Å². The third-order valence-corrected chi connectivity index (χ3v) is 4.05. The zero-order valence-corrected chi connectivity index (χ0v) is 14.4. The van der Waals surface area contributed by atoms with Crippen LogP contribution in [0, 0.1) is 6.92 Å². The van der Waals surface area contributed by atoms with Gasteiger partial charge in [0.25, 0.3) is 5.56 Å². The number of aryl methyl sites for hydroxylation is 2. The molecule has 0 aliphatic heterocycles. The van der Waals surface area contributed by atoms with Crippen LogP contribution in [0.2, 0.25) is 0 Å². The fourth-order valence-corrected chi connectivity index (χ4v) is 2.72. The number of nitrogens with one attached hydrogen (secondary N) is 1. The van der Waals surface area contributed by atoms with Gasteiger partial charge in [0.2, 0.25) is 5.91 Å². The molecule has 0 saturated heterocycles. The molecule has 7 nitrogen and oxygen atoms in total. The van der Waals surface area contributed by atoms with E-state index < -0.39 is 0 Å². The van der Waals surface area contributed by atoms with E-state index in [-0.39, 0.29) is 18.0 Å². The van der Waals surface area contributed by atoms with Crippen molar-refractivity contribution in [2.75, 3.05) is 6.54 Å². The van der Waals surface area contributed by atoms with Gasteiger partial charge in [0.1, 0.15) is 5.82 Å². The smallest absolute Gasteiger partial charge is 0.258 e. The van der Waals surface area contributed by atoms with Gasteiger partial charge in [0, 0.05) is 25.7 Å². The van der Waals surface area contributed by atoms with Crippen LogP contribution in [0.25, 0.3) is 10.9 Å². The second-order valence-corrected chi connectivity index (χ2v) is 5.97. The van der Waals surface area contributed by atoms with Crippen LogP contribution in [0.15, 0.2) is 41.5 Å². The first-order chi connectivity index (χ1) is 12.1. The number of benzene rings is 1. The SMILES string of the molecule is CCN(Cc1nc2ccccc2c(=O)[nH]1)C(=O)CCn1cc(C)cn1. The average molecular weight is 339 g/mol. The zero-order chi connectivity index (χ0) is 17.8. The number of fused-ring (bicyclic) bond motifs is 1. The number of H-pyrrole nitrogens is 1. The Hall–Kier alpha value is -2.96. The molecule has 25 heavy (non-hydrogen) atoms. The number of aromatic nitrogens is 4. The van der Waals surface area contributed by atoms with E-state index in [4.69, 9.17) is 0 Å². The monoisotopic (exact) mass is 339 g/mol. The van der Waals surface area contributed by atoms with E-state index in [9.17, 15) is 9.59 Å². The summed E-state index contributed by atoms with van der Waals surface area (Å²) in [6.07, 6.45) is 4.03. The number of para-hydroxylation sites is 1. The van der Waals surface area contributed by atoms with Gasteiger partial charge in [-0.25, -0.2) is 4.98 Å². The van der Waals surface area contributed by atoms with E-state index in [1.165, 1.54) is 0 Å². The Bertz CT molecular complexity index is 944. The first-order valence-corrected chi connectivity index (χ1v) is 8.31. The van der Waals surface area contributed by atoms with Gasteiger partial charge in [-0.2, -0.15) is 5.10 Å². The third kappa shape index (κ3) is 3.93. The van der Waals surface area contributed by atoms with Crippen molar-refractivity contribution >= 4 is 16.8 Å². The minimum absolute atomic E-state index is 0.00598. The predicted octanol–water partition coefficient (Wildman–Crippen LogP) is 1.87. The van der Waals surface area contributed by atoms with Gasteiger partial charge >= 0.3 is 0 Å². The highest BCUT2D eigenvalue weighted by Crippen LogP contribution is 2.08. The summed E-state index contributed by atoms with van der Waals surface area (Å²) in [6.45, 7) is 5.24. The van der Waals surface area contributed by atoms with Crippen molar-refractivity contribution in [1.29, 1.82) is 0 Å². The van der Waals surface area contributed by atoms with Crippen LogP contribution in [0.5, 0.6) is 0 Å². The maximum atomic E-state index is 12.5. The summed E-state index contributed by atoms with van der Waals surface area (Å²) in [6, 6.07) is 7.18. The van der Waals surface area contributed by atoms with Gasteiger partial charge in [-0.05, 0) is 31.5 Å². The highest BCUT2D eigenvalue weighted by atomic mass is 16.2. The molecule has 7 heteroatoms. The molecular weight excluding hydrogens is 318 g/mol. The minimum atomic E-state index is -0.184. The van der Waals surface area contributed by atoms with E-state index in [0.29, 0.717) is 36.2 Å². The number of rotatable bonds is 6. The van der Waals surface area contributed by atoms with E-state index >= 15 is 0 Å². The van der Waals surface area contributed by atoms with Gasteiger partial charge < -0.3 is 9.88 Å². The van der Waals surface area contributed by atoms with Crippen molar-refractivity contribution in [1.82, 2.24) is 24.6 Å². The quantitative estimate of drug-likeness (QED) is 0.743. The number of amides is 1. The summed E-state index contributed by atoms with van der Waals surface area (Å²) in [5.41, 5.74) is 1.52. The van der Waals surface area contributed by atoms with Gasteiger partial charge in [0.15, 0.2) is 0 Å². The zero-order valence-electron chi connectivity index (χ0n) is 14.4. The molecular formula is C18H21N5O2. The number of carbonyl (C=O) groups is 1. The highest BCUT2D eigenvalue weighted by molar-refractivity contribution is 5.77. The molecule has 2 aromatic heterocycles. The summed E-state index contributed by atoms with van der Waals surface area (Å²) >= 11 is 0. The Morgan fingerprint density at radius 3 is 2.84 bits per heavy atom. The molecule has 3 aromatic rings. The van der Waals surface area contributed by atoms with Gasteiger partial charge in [-0.3, -0.25) is 14.3 Å². The second kappa shape index (κ2) is 7.29. The first-order valence-electron chi connectivity index (χ1n) is 8.31. The number of nitrogens with zero attached hydrogens (tertiary/aromatic N) is 4. The molecule has 1 N–H and O–H groups in total. The second-order valence-electron chi connectivity index (χ2n) is 5.97. The lowest BCUT2D eigenvalue weighted by atomic mass is 10.2. The number of aromatic amines is 1. The van der Waals surface area contributed by atoms with Gasteiger partial charge in [-0.15, -0.1) is 0 Å². The Kier molecular flexibility index (Phi) is 4.92. The molecule has 0 aliphatic rings. The molecule has 0 unspecified atom stereocenters. The molecule has 1 amide bonds. The third-order valence-electron chi connectivity index (χ3n) is 4.05. The maximum absolute atomic E-state index is 12.5. The van der Waals surface area contributed by atoms with Crippen molar-refractivity contribution < 1.29 is 4.79 Å². The Morgan fingerprint density at radius 1 is 1.32 bits per heavy atom. The van der Waals surface area contributed by atoms with E-state index in [1.807, 2.05) is 26.1 Å². The summed E-state index contributed by atoms with van der Waals surface area (Å²) in [5, 5.41) is 4.74. The van der Waals surface area contributed by atoms with Crippen molar-refractivity contribution in [2.45, 2.75) is 33.4 Å². The normalized spacial score (nSPS) is 11.0. The maximum Gasteiger partial charge on any atom is 0.258 e. The van der Waals surface area contributed by atoms with Crippen LogP contribution in [0.3, 0.4) is 0 Å². The van der Waals surface area contributed by atoms with E-state index in [0.717, 1.165) is 5.56 Å².